The standard InChI is InChI=1S/C17H15N3O2/c1-10-8-11(2)14-13(9-10)15(17(22)18-14)19-20-16(21)12-6-4-3-5-7-12/h3-9,18,22H,1-2H3. The van der Waals surface area contributed by atoms with Gasteiger partial charge in [-0.05, 0) is 37.6 Å². The van der Waals surface area contributed by atoms with Gasteiger partial charge in [0.05, 0.1) is 5.52 Å². The van der Waals surface area contributed by atoms with Crippen molar-refractivity contribution < 1.29 is 9.90 Å². The van der Waals surface area contributed by atoms with E-state index in [0.717, 1.165) is 22.0 Å². The summed E-state index contributed by atoms with van der Waals surface area (Å²) in [7, 11) is 0. The minimum Gasteiger partial charge on any atom is -0.493 e. The fourth-order valence-corrected chi connectivity index (χ4v) is 2.46. The summed E-state index contributed by atoms with van der Waals surface area (Å²) in [5.41, 5.74) is 3.59. The first-order chi connectivity index (χ1) is 10.6. The summed E-state index contributed by atoms with van der Waals surface area (Å²) in [5.74, 6) is -0.535. The van der Waals surface area contributed by atoms with Crippen molar-refractivity contribution in [2.75, 3.05) is 0 Å². The van der Waals surface area contributed by atoms with Gasteiger partial charge in [-0.2, -0.15) is 0 Å². The number of H-pyrrole nitrogens is 1. The van der Waals surface area contributed by atoms with Gasteiger partial charge in [0.2, 0.25) is 5.88 Å². The van der Waals surface area contributed by atoms with Gasteiger partial charge in [-0.1, -0.05) is 29.8 Å². The molecule has 0 aliphatic heterocycles. The molecule has 2 N–H and O–H groups in total. The number of hydrogen-bond acceptors (Lipinski definition) is 3. The van der Waals surface area contributed by atoms with Crippen molar-refractivity contribution in [2.24, 2.45) is 10.2 Å². The van der Waals surface area contributed by atoms with Gasteiger partial charge < -0.3 is 10.1 Å². The lowest BCUT2D eigenvalue weighted by Crippen LogP contribution is -1.91. The number of nitrogens with zero attached hydrogens (tertiary/aromatic N) is 2. The molecule has 22 heavy (non-hydrogen) atoms. The Morgan fingerprint density at radius 1 is 1.14 bits per heavy atom. The highest BCUT2D eigenvalue weighted by molar-refractivity contribution is 5.98. The van der Waals surface area contributed by atoms with E-state index in [2.05, 4.69) is 15.2 Å². The zero-order valence-electron chi connectivity index (χ0n) is 12.3. The molecule has 0 radical (unpaired) electrons. The van der Waals surface area contributed by atoms with Gasteiger partial charge in [0.15, 0.2) is 5.69 Å². The molecule has 2 aromatic carbocycles. The predicted octanol–water partition coefficient (Wildman–Crippen LogP) is 4.41. The van der Waals surface area contributed by atoms with Crippen LogP contribution < -0.4 is 0 Å². The molecule has 1 aromatic heterocycles. The topological polar surface area (TPSA) is 77.8 Å². The monoisotopic (exact) mass is 293 g/mol. The first kappa shape index (κ1) is 14.0. The van der Waals surface area contributed by atoms with E-state index in [4.69, 9.17) is 0 Å². The largest absolute Gasteiger partial charge is 0.493 e. The third-order valence-electron chi connectivity index (χ3n) is 3.46. The van der Waals surface area contributed by atoms with Crippen LogP contribution in [0.4, 0.5) is 5.69 Å². The smallest absolute Gasteiger partial charge is 0.295 e. The van der Waals surface area contributed by atoms with Crippen LogP contribution in [0.2, 0.25) is 0 Å². The number of aromatic hydroxyl groups is 1. The second-order valence-electron chi connectivity index (χ2n) is 5.20. The van der Waals surface area contributed by atoms with E-state index in [9.17, 15) is 9.90 Å². The minimum atomic E-state index is -0.446. The van der Waals surface area contributed by atoms with E-state index < -0.39 is 5.91 Å². The van der Waals surface area contributed by atoms with Gasteiger partial charge in [0, 0.05) is 10.9 Å². The molecular weight excluding hydrogens is 278 g/mol. The predicted molar refractivity (Wildman–Crippen MR) is 84.7 cm³/mol. The molecule has 0 aliphatic rings. The third kappa shape index (κ3) is 2.48. The molecule has 0 atom stereocenters. The molecule has 0 bridgehead atoms. The van der Waals surface area contributed by atoms with Crippen molar-refractivity contribution >= 4 is 22.5 Å². The van der Waals surface area contributed by atoms with E-state index in [1.807, 2.05) is 32.0 Å². The fourth-order valence-electron chi connectivity index (χ4n) is 2.46. The van der Waals surface area contributed by atoms with Crippen molar-refractivity contribution in [2.45, 2.75) is 13.8 Å². The summed E-state index contributed by atoms with van der Waals surface area (Å²) in [6.07, 6.45) is 0. The number of hydrogen-bond donors (Lipinski definition) is 2. The Kier molecular flexibility index (Phi) is 3.47. The lowest BCUT2D eigenvalue weighted by Gasteiger charge is -1.98. The molecular formula is C17H15N3O2. The zero-order chi connectivity index (χ0) is 15.7. The summed E-state index contributed by atoms with van der Waals surface area (Å²) in [6.45, 7) is 3.91. The average molecular weight is 293 g/mol. The number of rotatable bonds is 2. The highest BCUT2D eigenvalue weighted by atomic mass is 16.3. The van der Waals surface area contributed by atoms with Crippen LogP contribution >= 0.6 is 0 Å². The molecule has 3 rings (SSSR count). The molecule has 0 saturated carbocycles. The first-order valence-corrected chi connectivity index (χ1v) is 6.89. The highest BCUT2D eigenvalue weighted by Gasteiger charge is 2.13. The van der Waals surface area contributed by atoms with Crippen molar-refractivity contribution in [1.29, 1.82) is 0 Å². The lowest BCUT2D eigenvalue weighted by molar-refractivity contribution is 0.0995. The van der Waals surface area contributed by atoms with E-state index in [0.29, 0.717) is 5.56 Å². The number of amides is 1. The van der Waals surface area contributed by atoms with Crippen molar-refractivity contribution in [3.63, 3.8) is 0 Å². The van der Waals surface area contributed by atoms with Gasteiger partial charge in [-0.15, -0.1) is 10.2 Å². The Morgan fingerprint density at radius 3 is 2.59 bits per heavy atom. The normalized spacial score (nSPS) is 11.4. The number of aromatic nitrogens is 1. The molecule has 0 aliphatic carbocycles. The molecule has 5 heteroatoms. The summed E-state index contributed by atoms with van der Waals surface area (Å²) >= 11 is 0. The van der Waals surface area contributed by atoms with E-state index in [-0.39, 0.29) is 11.6 Å². The van der Waals surface area contributed by atoms with Crippen molar-refractivity contribution in [3.8, 4) is 5.88 Å². The molecule has 0 saturated heterocycles. The number of carbonyl (C=O) groups is 1. The first-order valence-electron chi connectivity index (χ1n) is 6.89. The Bertz CT molecular complexity index is 880. The Balaban J connectivity index is 2.02. The second kappa shape index (κ2) is 5.44. The SMILES string of the molecule is Cc1cc(C)c2[nH]c(O)c(N=NC(=O)c3ccccc3)c2c1. The number of azo groups is 1. The highest BCUT2D eigenvalue weighted by Crippen LogP contribution is 2.37. The van der Waals surface area contributed by atoms with Gasteiger partial charge in [-0.25, -0.2) is 0 Å². The molecule has 5 nitrogen and oxygen atoms in total. The number of benzene rings is 2. The molecule has 110 valence electrons. The maximum absolute atomic E-state index is 12.0. The van der Waals surface area contributed by atoms with Crippen LogP contribution in [0.15, 0.2) is 52.7 Å². The van der Waals surface area contributed by atoms with Crippen LogP contribution in [0.3, 0.4) is 0 Å². The lowest BCUT2D eigenvalue weighted by atomic mass is 10.1. The van der Waals surface area contributed by atoms with Gasteiger partial charge in [-0.3, -0.25) is 4.79 Å². The molecule has 0 unspecified atom stereocenters. The van der Waals surface area contributed by atoms with Gasteiger partial charge in [0.25, 0.3) is 5.91 Å². The van der Waals surface area contributed by atoms with E-state index in [1.54, 1.807) is 24.3 Å². The number of aromatic amines is 1. The quantitative estimate of drug-likeness (QED) is 0.686. The van der Waals surface area contributed by atoms with Crippen LogP contribution in [0.5, 0.6) is 5.88 Å². The number of aryl methyl sites for hydroxylation is 2. The number of carbonyl (C=O) groups excluding carboxylic acids is 1. The van der Waals surface area contributed by atoms with E-state index in [1.165, 1.54) is 0 Å². The number of nitrogens with one attached hydrogen (secondary N) is 1. The Labute approximate surface area is 127 Å². The fraction of sp³-hybridized carbons (Fsp3) is 0.118. The summed E-state index contributed by atoms with van der Waals surface area (Å²) in [5, 5.41) is 18.4. The second-order valence-corrected chi connectivity index (χ2v) is 5.20. The Morgan fingerprint density at radius 2 is 1.86 bits per heavy atom. The van der Waals surface area contributed by atoms with Gasteiger partial charge in [0.1, 0.15) is 0 Å². The molecule has 3 aromatic rings. The molecule has 1 amide bonds. The van der Waals surface area contributed by atoms with E-state index >= 15 is 0 Å². The Hall–Kier alpha value is -2.95. The van der Waals surface area contributed by atoms with Crippen LogP contribution in [0.1, 0.15) is 21.5 Å². The summed E-state index contributed by atoms with van der Waals surface area (Å²) < 4.78 is 0. The third-order valence-corrected chi connectivity index (χ3v) is 3.46. The van der Waals surface area contributed by atoms with Crippen LogP contribution in [0.25, 0.3) is 10.9 Å². The molecule has 1 heterocycles. The maximum atomic E-state index is 12.0. The summed E-state index contributed by atoms with van der Waals surface area (Å²) in [6, 6.07) is 12.6. The van der Waals surface area contributed by atoms with Gasteiger partial charge >= 0.3 is 0 Å². The zero-order valence-corrected chi connectivity index (χ0v) is 12.3. The molecule has 0 fully saturated rings. The maximum Gasteiger partial charge on any atom is 0.295 e. The van der Waals surface area contributed by atoms with Crippen LogP contribution in [-0.2, 0) is 0 Å². The van der Waals surface area contributed by atoms with Crippen LogP contribution in [0, 0.1) is 13.8 Å². The molecule has 0 spiro atoms. The van der Waals surface area contributed by atoms with Crippen LogP contribution in [-0.4, -0.2) is 16.0 Å². The van der Waals surface area contributed by atoms with Crippen molar-refractivity contribution in [1.82, 2.24) is 4.98 Å². The average Bonchev–Trinajstić information content (AvgIpc) is 2.82. The van der Waals surface area contributed by atoms with Crippen molar-refractivity contribution in [3.05, 3.63) is 59.2 Å². The number of fused-ring (bicyclic) bond motifs is 1. The minimum absolute atomic E-state index is 0.0895. The summed E-state index contributed by atoms with van der Waals surface area (Å²) in [4.78, 5) is 14.8.